The van der Waals surface area contributed by atoms with Crippen LogP contribution in [0.15, 0.2) is 29.2 Å². The van der Waals surface area contributed by atoms with Crippen molar-refractivity contribution in [2.45, 2.75) is 30.2 Å². The number of benzene rings is 1. The normalized spacial score (nSPS) is 24.1. The second-order valence-corrected chi connectivity index (χ2v) is 7.75. The molecule has 2 saturated heterocycles. The first-order valence-corrected chi connectivity index (χ1v) is 8.99. The van der Waals surface area contributed by atoms with E-state index in [4.69, 9.17) is 5.11 Å². The van der Waals surface area contributed by atoms with Gasteiger partial charge in [0.2, 0.25) is 10.0 Å². The second kappa shape index (κ2) is 6.04. The molecule has 1 N–H and O–H groups in total. The van der Waals surface area contributed by atoms with Gasteiger partial charge in [0.1, 0.15) is 0 Å². The highest BCUT2D eigenvalue weighted by molar-refractivity contribution is 7.89. The summed E-state index contributed by atoms with van der Waals surface area (Å²) in [7, 11) is -3.39. The Balaban J connectivity index is 1.76. The zero-order valence-electron chi connectivity index (χ0n) is 12.1. The van der Waals surface area contributed by atoms with E-state index in [1.807, 2.05) is 0 Å². The Morgan fingerprint density at radius 3 is 2.62 bits per heavy atom. The molecule has 2 fully saturated rings. The average Bonchev–Trinajstić information content (AvgIpc) is 2.95. The van der Waals surface area contributed by atoms with E-state index in [2.05, 4.69) is 4.90 Å². The van der Waals surface area contributed by atoms with E-state index in [0.717, 1.165) is 25.1 Å². The fourth-order valence-electron chi connectivity index (χ4n) is 3.29. The molecule has 1 aromatic carbocycles. The van der Waals surface area contributed by atoms with Gasteiger partial charge in [-0.2, -0.15) is 4.31 Å². The van der Waals surface area contributed by atoms with Crippen LogP contribution in [0.25, 0.3) is 0 Å². The summed E-state index contributed by atoms with van der Waals surface area (Å²) >= 11 is 0. The van der Waals surface area contributed by atoms with Crippen LogP contribution in [0, 0.1) is 0 Å². The monoisotopic (exact) mass is 310 g/mol. The summed E-state index contributed by atoms with van der Waals surface area (Å²) in [5, 5.41) is 8.91. The molecule has 5 nitrogen and oxygen atoms in total. The number of hydrogen-bond donors (Lipinski definition) is 1. The molecule has 21 heavy (non-hydrogen) atoms. The van der Waals surface area contributed by atoms with E-state index >= 15 is 0 Å². The van der Waals surface area contributed by atoms with Crippen LogP contribution in [-0.2, 0) is 16.4 Å². The Labute approximate surface area is 126 Å². The Bertz CT molecular complexity index is 585. The smallest absolute Gasteiger partial charge is 0.243 e. The van der Waals surface area contributed by atoms with Crippen molar-refractivity contribution in [3.63, 3.8) is 0 Å². The van der Waals surface area contributed by atoms with Crippen molar-refractivity contribution >= 4 is 10.0 Å². The van der Waals surface area contributed by atoms with Crippen molar-refractivity contribution in [2.75, 3.05) is 32.8 Å². The summed E-state index contributed by atoms with van der Waals surface area (Å²) in [5.74, 6) is 0. The number of sulfonamides is 1. The van der Waals surface area contributed by atoms with E-state index in [-0.39, 0.29) is 6.61 Å². The van der Waals surface area contributed by atoms with Crippen LogP contribution < -0.4 is 0 Å². The molecule has 1 atom stereocenters. The lowest BCUT2D eigenvalue weighted by atomic mass is 10.2. The zero-order chi connectivity index (χ0) is 14.9. The van der Waals surface area contributed by atoms with Crippen LogP contribution >= 0.6 is 0 Å². The van der Waals surface area contributed by atoms with Gasteiger partial charge in [-0.25, -0.2) is 8.42 Å². The number of nitrogens with zero attached hydrogens (tertiary/aromatic N) is 2. The Hall–Kier alpha value is -0.950. The molecule has 0 spiro atoms. The molecule has 1 aromatic rings. The van der Waals surface area contributed by atoms with Crippen molar-refractivity contribution in [3.8, 4) is 0 Å². The largest absolute Gasteiger partial charge is 0.396 e. The second-order valence-electron chi connectivity index (χ2n) is 5.81. The molecule has 116 valence electrons. The van der Waals surface area contributed by atoms with Gasteiger partial charge in [0, 0.05) is 32.3 Å². The maximum Gasteiger partial charge on any atom is 0.243 e. The van der Waals surface area contributed by atoms with Gasteiger partial charge in [-0.3, -0.25) is 4.90 Å². The first kappa shape index (κ1) is 15.0. The minimum absolute atomic E-state index is 0.0791. The van der Waals surface area contributed by atoms with Gasteiger partial charge in [0.25, 0.3) is 0 Å². The molecule has 0 radical (unpaired) electrons. The Morgan fingerprint density at radius 2 is 1.90 bits per heavy atom. The summed E-state index contributed by atoms with van der Waals surface area (Å²) in [6, 6.07) is 7.27. The van der Waals surface area contributed by atoms with Crippen molar-refractivity contribution < 1.29 is 13.5 Å². The number of aliphatic hydroxyl groups excluding tert-OH is 1. The van der Waals surface area contributed by atoms with Crippen LogP contribution in [-0.4, -0.2) is 61.6 Å². The number of aliphatic hydroxyl groups is 1. The van der Waals surface area contributed by atoms with Crippen LogP contribution in [0.4, 0.5) is 0 Å². The van der Waals surface area contributed by atoms with E-state index in [0.29, 0.717) is 30.4 Å². The molecular weight excluding hydrogens is 288 g/mol. The van der Waals surface area contributed by atoms with E-state index in [1.54, 1.807) is 28.6 Å². The molecule has 0 saturated carbocycles. The van der Waals surface area contributed by atoms with Crippen molar-refractivity contribution in [2.24, 2.45) is 0 Å². The summed E-state index contributed by atoms with van der Waals surface area (Å²) in [4.78, 5) is 2.76. The molecule has 0 bridgehead atoms. The minimum atomic E-state index is -3.39. The first-order valence-electron chi connectivity index (χ1n) is 7.55. The number of fused-ring (bicyclic) bond motifs is 1. The van der Waals surface area contributed by atoms with E-state index in [1.165, 1.54) is 6.42 Å². The number of rotatable bonds is 4. The molecule has 0 amide bonds. The summed E-state index contributed by atoms with van der Waals surface area (Å²) < 4.78 is 27.0. The summed E-state index contributed by atoms with van der Waals surface area (Å²) in [6.07, 6.45) is 2.83. The maximum atomic E-state index is 12.7. The van der Waals surface area contributed by atoms with Gasteiger partial charge in [-0.1, -0.05) is 12.1 Å². The van der Waals surface area contributed by atoms with Gasteiger partial charge < -0.3 is 5.11 Å². The summed E-state index contributed by atoms with van der Waals surface area (Å²) in [6.45, 7) is 3.22. The van der Waals surface area contributed by atoms with Crippen LogP contribution in [0.1, 0.15) is 18.4 Å². The Kier molecular flexibility index (Phi) is 4.31. The predicted octanol–water partition coefficient (Wildman–Crippen LogP) is 0.690. The lowest BCUT2D eigenvalue weighted by molar-refractivity contribution is 0.158. The SMILES string of the molecule is O=S(=O)(c1ccc(CCO)cc1)N1CCN2CCCC2C1. The fourth-order valence-corrected chi connectivity index (χ4v) is 4.76. The van der Waals surface area contributed by atoms with Gasteiger partial charge in [-0.15, -0.1) is 0 Å². The number of hydrogen-bond acceptors (Lipinski definition) is 4. The maximum absolute atomic E-state index is 12.7. The minimum Gasteiger partial charge on any atom is -0.396 e. The molecule has 3 rings (SSSR count). The average molecular weight is 310 g/mol. The third-order valence-electron chi connectivity index (χ3n) is 4.51. The molecule has 0 aromatic heterocycles. The topological polar surface area (TPSA) is 60.9 Å². The molecule has 6 heteroatoms. The van der Waals surface area contributed by atoms with Crippen LogP contribution in [0.3, 0.4) is 0 Å². The predicted molar refractivity (Wildman–Crippen MR) is 80.6 cm³/mol. The van der Waals surface area contributed by atoms with Crippen molar-refractivity contribution in [1.29, 1.82) is 0 Å². The quantitative estimate of drug-likeness (QED) is 0.889. The molecule has 0 aliphatic carbocycles. The zero-order valence-corrected chi connectivity index (χ0v) is 12.9. The van der Waals surface area contributed by atoms with Crippen molar-refractivity contribution in [3.05, 3.63) is 29.8 Å². The standard InChI is InChI=1S/C15H22N2O3S/c18-11-7-13-3-5-15(6-4-13)21(19,20)17-10-9-16-8-1-2-14(16)12-17/h3-6,14,18H,1-2,7-12H2. The lowest BCUT2D eigenvalue weighted by Gasteiger charge is -2.36. The summed E-state index contributed by atoms with van der Waals surface area (Å²) in [5.41, 5.74) is 0.956. The third-order valence-corrected chi connectivity index (χ3v) is 6.39. The molecular formula is C15H22N2O3S. The highest BCUT2D eigenvalue weighted by Crippen LogP contribution is 2.25. The lowest BCUT2D eigenvalue weighted by Crippen LogP contribution is -2.51. The van der Waals surface area contributed by atoms with Gasteiger partial charge in [-0.05, 0) is 43.5 Å². The number of piperazine rings is 1. The van der Waals surface area contributed by atoms with Gasteiger partial charge in [0.05, 0.1) is 4.90 Å². The third kappa shape index (κ3) is 2.99. The van der Waals surface area contributed by atoms with Gasteiger partial charge in [0.15, 0.2) is 0 Å². The molecule has 2 aliphatic rings. The highest BCUT2D eigenvalue weighted by atomic mass is 32.2. The molecule has 1 unspecified atom stereocenters. The van der Waals surface area contributed by atoms with Crippen LogP contribution in [0.2, 0.25) is 0 Å². The Morgan fingerprint density at radius 1 is 1.14 bits per heavy atom. The van der Waals surface area contributed by atoms with E-state index in [9.17, 15) is 8.42 Å². The van der Waals surface area contributed by atoms with E-state index < -0.39 is 10.0 Å². The molecule has 2 aliphatic heterocycles. The van der Waals surface area contributed by atoms with Crippen LogP contribution in [0.5, 0.6) is 0 Å². The highest BCUT2D eigenvalue weighted by Gasteiger charge is 2.36. The van der Waals surface area contributed by atoms with Gasteiger partial charge >= 0.3 is 0 Å². The molecule has 2 heterocycles. The fraction of sp³-hybridized carbons (Fsp3) is 0.600. The van der Waals surface area contributed by atoms with Crippen molar-refractivity contribution in [1.82, 2.24) is 9.21 Å². The first-order chi connectivity index (χ1) is 10.1.